The van der Waals surface area contributed by atoms with Crippen molar-refractivity contribution in [3.63, 3.8) is 0 Å². The monoisotopic (exact) mass is 342 g/mol. The van der Waals surface area contributed by atoms with Gasteiger partial charge in [-0.2, -0.15) is 0 Å². The van der Waals surface area contributed by atoms with Gasteiger partial charge >= 0.3 is 0 Å². The maximum Gasteiger partial charge on any atom is 0.251 e. The van der Waals surface area contributed by atoms with Gasteiger partial charge in [0.2, 0.25) is 0 Å². The highest BCUT2D eigenvalue weighted by atomic mass is 16.5. The molecular weight excluding hydrogens is 316 g/mol. The number of rotatable bonds is 3. The normalized spacial score (nSPS) is 20.8. The molecule has 5 heteroatoms. The number of hydrogen-bond acceptors (Lipinski definition) is 4. The number of nitrogens with zero attached hydrogens (tertiary/aromatic N) is 1. The number of carbonyl (C=O) groups is 1. The summed E-state index contributed by atoms with van der Waals surface area (Å²) in [6, 6.07) is 8.54. The highest BCUT2D eigenvalue weighted by molar-refractivity contribution is 5.98. The smallest absolute Gasteiger partial charge is 0.251 e. The van der Waals surface area contributed by atoms with E-state index in [1.807, 2.05) is 31.2 Å². The molecule has 1 N–H and O–H groups in total. The predicted molar refractivity (Wildman–Crippen MR) is 96.9 cm³/mol. The lowest BCUT2D eigenvalue weighted by atomic mass is 9.99. The molecule has 1 amide bonds. The number of fused-ring (bicyclic) bond motifs is 1. The highest BCUT2D eigenvalue weighted by Gasteiger charge is 2.27. The first-order valence-electron chi connectivity index (χ1n) is 9.32. The maximum atomic E-state index is 12.6. The molecule has 2 aliphatic heterocycles. The lowest BCUT2D eigenvalue weighted by Crippen LogP contribution is -2.49. The van der Waals surface area contributed by atoms with Gasteiger partial charge in [-0.05, 0) is 56.9 Å². The first-order valence-corrected chi connectivity index (χ1v) is 9.32. The zero-order chi connectivity index (χ0) is 17.2. The summed E-state index contributed by atoms with van der Waals surface area (Å²) in [5, 5.41) is 4.19. The van der Waals surface area contributed by atoms with Crippen molar-refractivity contribution >= 4 is 16.9 Å². The van der Waals surface area contributed by atoms with Crippen molar-refractivity contribution in [1.82, 2.24) is 10.2 Å². The van der Waals surface area contributed by atoms with Crippen LogP contribution in [0.1, 0.15) is 41.8 Å². The topological polar surface area (TPSA) is 54.7 Å². The fraction of sp³-hybridized carbons (Fsp3) is 0.550. The quantitative estimate of drug-likeness (QED) is 0.931. The van der Waals surface area contributed by atoms with E-state index in [1.165, 1.54) is 0 Å². The Kier molecular flexibility index (Phi) is 4.77. The van der Waals surface area contributed by atoms with Gasteiger partial charge in [0.05, 0.1) is 0 Å². The number of aryl methyl sites for hydroxylation is 1. The Morgan fingerprint density at radius 2 is 1.88 bits per heavy atom. The molecule has 2 aromatic rings. The molecule has 5 nitrogen and oxygen atoms in total. The molecule has 134 valence electrons. The molecule has 0 saturated carbocycles. The van der Waals surface area contributed by atoms with Crippen LogP contribution < -0.4 is 5.32 Å². The molecule has 2 fully saturated rings. The zero-order valence-electron chi connectivity index (χ0n) is 14.8. The molecule has 1 aromatic carbocycles. The van der Waals surface area contributed by atoms with E-state index in [0.29, 0.717) is 11.6 Å². The minimum Gasteiger partial charge on any atom is -0.461 e. The van der Waals surface area contributed by atoms with Crippen molar-refractivity contribution in [3.05, 3.63) is 35.6 Å². The fourth-order valence-corrected chi connectivity index (χ4v) is 4.05. The number of amides is 1. The summed E-state index contributed by atoms with van der Waals surface area (Å²) in [6.45, 7) is 5.83. The van der Waals surface area contributed by atoms with Crippen LogP contribution in [0.2, 0.25) is 0 Å². The minimum absolute atomic E-state index is 0.0188. The van der Waals surface area contributed by atoms with Gasteiger partial charge < -0.3 is 19.4 Å². The number of nitrogens with one attached hydrogen (secondary N) is 1. The van der Waals surface area contributed by atoms with Crippen LogP contribution >= 0.6 is 0 Å². The van der Waals surface area contributed by atoms with Gasteiger partial charge in [-0.25, -0.2) is 0 Å². The largest absolute Gasteiger partial charge is 0.461 e. The number of ether oxygens (including phenoxy) is 1. The molecule has 25 heavy (non-hydrogen) atoms. The summed E-state index contributed by atoms with van der Waals surface area (Å²) >= 11 is 0. The Labute approximate surface area is 148 Å². The summed E-state index contributed by atoms with van der Waals surface area (Å²) in [5.74, 6) is 0.887. The summed E-state index contributed by atoms with van der Waals surface area (Å²) < 4.78 is 11.0. The first kappa shape index (κ1) is 16.6. The van der Waals surface area contributed by atoms with Crippen LogP contribution in [0.25, 0.3) is 11.0 Å². The van der Waals surface area contributed by atoms with Gasteiger partial charge in [0, 0.05) is 49.3 Å². The fourth-order valence-electron chi connectivity index (χ4n) is 4.05. The standard InChI is InChI=1S/C20H26N2O3/c1-14-12-16-13-15(2-3-19(16)25-14)20(23)21-17-4-8-22(9-5-17)18-6-10-24-11-7-18/h2-3,12-13,17-18H,4-11H2,1H3,(H,21,23). The summed E-state index contributed by atoms with van der Waals surface area (Å²) in [4.78, 5) is 15.1. The van der Waals surface area contributed by atoms with Gasteiger partial charge in [-0.3, -0.25) is 4.79 Å². The van der Waals surface area contributed by atoms with Crippen LogP contribution in [0.3, 0.4) is 0 Å². The number of benzene rings is 1. The van der Waals surface area contributed by atoms with Crippen LogP contribution in [0.5, 0.6) is 0 Å². The number of likely N-dealkylation sites (tertiary alicyclic amines) is 1. The van der Waals surface area contributed by atoms with E-state index in [-0.39, 0.29) is 11.9 Å². The Morgan fingerprint density at radius 1 is 1.12 bits per heavy atom. The number of furan rings is 1. The molecule has 0 bridgehead atoms. The van der Waals surface area contributed by atoms with E-state index in [4.69, 9.17) is 9.15 Å². The van der Waals surface area contributed by atoms with E-state index in [1.54, 1.807) is 0 Å². The molecule has 2 aliphatic rings. The second-order valence-electron chi connectivity index (χ2n) is 7.24. The van der Waals surface area contributed by atoms with Gasteiger partial charge in [0.15, 0.2) is 0 Å². The second kappa shape index (κ2) is 7.18. The van der Waals surface area contributed by atoms with Crippen LogP contribution in [-0.2, 0) is 4.74 Å². The third-order valence-corrected chi connectivity index (χ3v) is 5.47. The molecule has 0 unspecified atom stereocenters. The third-order valence-electron chi connectivity index (χ3n) is 5.47. The maximum absolute atomic E-state index is 12.6. The van der Waals surface area contributed by atoms with E-state index in [9.17, 15) is 4.79 Å². The Bertz CT molecular complexity index is 740. The van der Waals surface area contributed by atoms with Crippen molar-refractivity contribution in [2.75, 3.05) is 26.3 Å². The molecule has 0 spiro atoms. The van der Waals surface area contributed by atoms with Crippen molar-refractivity contribution in [1.29, 1.82) is 0 Å². The average Bonchev–Trinajstić information content (AvgIpc) is 3.02. The predicted octanol–water partition coefficient (Wildman–Crippen LogP) is 3.11. The second-order valence-corrected chi connectivity index (χ2v) is 7.24. The molecule has 1 aromatic heterocycles. The molecule has 0 aliphatic carbocycles. The highest BCUT2D eigenvalue weighted by Crippen LogP contribution is 2.22. The average molecular weight is 342 g/mol. The Balaban J connectivity index is 1.33. The van der Waals surface area contributed by atoms with Crippen molar-refractivity contribution in [3.8, 4) is 0 Å². The lowest BCUT2D eigenvalue weighted by Gasteiger charge is -2.39. The van der Waals surface area contributed by atoms with E-state index in [2.05, 4.69) is 10.2 Å². The van der Waals surface area contributed by atoms with E-state index in [0.717, 1.165) is 68.7 Å². The number of carbonyl (C=O) groups excluding carboxylic acids is 1. The van der Waals surface area contributed by atoms with Gasteiger partial charge in [-0.15, -0.1) is 0 Å². The minimum atomic E-state index is 0.0188. The third kappa shape index (κ3) is 3.72. The Hall–Kier alpha value is -1.85. The van der Waals surface area contributed by atoms with Gasteiger partial charge in [-0.1, -0.05) is 0 Å². The van der Waals surface area contributed by atoms with Gasteiger partial charge in [0.25, 0.3) is 5.91 Å². The molecule has 0 atom stereocenters. The van der Waals surface area contributed by atoms with Crippen molar-refractivity contribution in [2.24, 2.45) is 0 Å². The first-order chi connectivity index (χ1) is 12.2. The summed E-state index contributed by atoms with van der Waals surface area (Å²) in [7, 11) is 0. The van der Waals surface area contributed by atoms with Gasteiger partial charge in [0.1, 0.15) is 11.3 Å². The summed E-state index contributed by atoms with van der Waals surface area (Å²) in [6.07, 6.45) is 4.33. The zero-order valence-corrected chi connectivity index (χ0v) is 14.8. The van der Waals surface area contributed by atoms with Crippen LogP contribution in [0.4, 0.5) is 0 Å². The van der Waals surface area contributed by atoms with Crippen molar-refractivity contribution in [2.45, 2.75) is 44.7 Å². The SMILES string of the molecule is Cc1cc2cc(C(=O)NC3CCN(C4CCOCC4)CC3)ccc2o1. The van der Waals surface area contributed by atoms with E-state index < -0.39 is 0 Å². The van der Waals surface area contributed by atoms with Crippen molar-refractivity contribution < 1.29 is 13.9 Å². The molecule has 3 heterocycles. The summed E-state index contributed by atoms with van der Waals surface area (Å²) in [5.41, 5.74) is 1.54. The number of hydrogen-bond donors (Lipinski definition) is 1. The Morgan fingerprint density at radius 3 is 2.64 bits per heavy atom. The molecule has 4 rings (SSSR count). The number of piperidine rings is 1. The molecular formula is C20H26N2O3. The van der Waals surface area contributed by atoms with E-state index >= 15 is 0 Å². The van der Waals surface area contributed by atoms with Crippen LogP contribution in [-0.4, -0.2) is 49.2 Å². The lowest BCUT2D eigenvalue weighted by molar-refractivity contribution is 0.0238. The molecule has 2 saturated heterocycles. The van der Waals surface area contributed by atoms with Crippen LogP contribution in [0.15, 0.2) is 28.7 Å². The van der Waals surface area contributed by atoms with Crippen LogP contribution in [0, 0.1) is 6.92 Å². The molecule has 0 radical (unpaired) electrons.